The summed E-state index contributed by atoms with van der Waals surface area (Å²) in [5, 5.41) is 0. The summed E-state index contributed by atoms with van der Waals surface area (Å²) >= 11 is 0. The minimum absolute atomic E-state index is 0.237. The minimum atomic E-state index is 0.237. The van der Waals surface area contributed by atoms with Crippen LogP contribution in [0.15, 0.2) is 0 Å². The van der Waals surface area contributed by atoms with E-state index in [1.54, 1.807) is 13.8 Å². The molecule has 1 aliphatic carbocycles. The highest BCUT2D eigenvalue weighted by Gasteiger charge is 2.25. The molecule has 16 heavy (non-hydrogen) atoms. The van der Waals surface area contributed by atoms with Crippen LogP contribution in [0.25, 0.3) is 0 Å². The number of Topliss-reactive ketones (excluding diaryl/α,β-unsaturated/α-hetero) is 2. The van der Waals surface area contributed by atoms with Crippen LogP contribution in [0.4, 0.5) is 0 Å². The molecule has 0 bridgehead atoms. The first kappa shape index (κ1) is 17.7. The van der Waals surface area contributed by atoms with Crippen LogP contribution in [-0.2, 0) is 9.59 Å². The van der Waals surface area contributed by atoms with Crippen molar-refractivity contribution >= 4 is 11.6 Å². The van der Waals surface area contributed by atoms with Crippen LogP contribution in [-0.4, -0.2) is 11.6 Å². The second-order valence-corrected chi connectivity index (χ2v) is 3.77. The molecule has 0 radical (unpaired) electrons. The van der Waals surface area contributed by atoms with Crippen LogP contribution in [0.1, 0.15) is 67.2 Å². The van der Waals surface area contributed by atoms with Crippen molar-refractivity contribution in [3.05, 3.63) is 0 Å². The number of carbonyl (C=O) groups excluding carboxylic acids is 2. The van der Waals surface area contributed by atoms with Crippen molar-refractivity contribution in [3.63, 3.8) is 0 Å². The molecule has 0 aromatic carbocycles. The molecular weight excluding hydrogens is 200 g/mol. The van der Waals surface area contributed by atoms with Crippen molar-refractivity contribution in [2.75, 3.05) is 0 Å². The van der Waals surface area contributed by atoms with Crippen molar-refractivity contribution in [2.45, 2.75) is 67.2 Å². The summed E-state index contributed by atoms with van der Waals surface area (Å²) in [7, 11) is 0. The maximum Gasteiger partial charge on any atom is 0.132 e. The molecule has 0 unspecified atom stereocenters. The fourth-order valence-electron chi connectivity index (χ4n) is 1.91. The molecule has 2 heteroatoms. The maximum atomic E-state index is 11.0. The molecule has 0 N–H and O–H groups in total. The van der Waals surface area contributed by atoms with E-state index in [1.165, 1.54) is 0 Å². The van der Waals surface area contributed by atoms with E-state index in [0.717, 1.165) is 25.7 Å². The Kier molecular flexibility index (Phi) is 12.0. The van der Waals surface area contributed by atoms with E-state index in [4.69, 9.17) is 0 Å². The Bertz CT molecular complexity index is 167. The van der Waals surface area contributed by atoms with Gasteiger partial charge in [0.25, 0.3) is 0 Å². The second-order valence-electron chi connectivity index (χ2n) is 3.77. The molecule has 2 nitrogen and oxygen atoms in total. The topological polar surface area (TPSA) is 34.1 Å². The van der Waals surface area contributed by atoms with Gasteiger partial charge in [-0.25, -0.2) is 0 Å². The monoisotopic (exact) mass is 228 g/mol. The second kappa shape index (κ2) is 10.8. The van der Waals surface area contributed by atoms with Gasteiger partial charge in [-0.1, -0.05) is 27.7 Å². The summed E-state index contributed by atoms with van der Waals surface area (Å²) in [4.78, 5) is 22.0. The SMILES string of the molecule is CC.CC.CC(=O)C1CCC(C(C)=O)CC1. The number of ketones is 2. The molecule has 96 valence electrons. The number of hydrogen-bond donors (Lipinski definition) is 0. The third-order valence-electron chi connectivity index (χ3n) is 2.88. The smallest absolute Gasteiger partial charge is 0.132 e. The van der Waals surface area contributed by atoms with E-state index in [0.29, 0.717) is 0 Å². The molecule has 1 fully saturated rings. The predicted molar refractivity (Wildman–Crippen MR) is 69.5 cm³/mol. The lowest BCUT2D eigenvalue weighted by atomic mass is 9.79. The summed E-state index contributed by atoms with van der Waals surface area (Å²) in [6.45, 7) is 11.3. The lowest BCUT2D eigenvalue weighted by Crippen LogP contribution is -2.23. The Balaban J connectivity index is 0. The fourth-order valence-corrected chi connectivity index (χ4v) is 1.91. The van der Waals surface area contributed by atoms with Gasteiger partial charge in [0, 0.05) is 11.8 Å². The first-order valence-corrected chi connectivity index (χ1v) is 6.62. The van der Waals surface area contributed by atoms with E-state index in [1.807, 2.05) is 27.7 Å². The van der Waals surface area contributed by atoms with Gasteiger partial charge < -0.3 is 0 Å². The zero-order valence-corrected chi connectivity index (χ0v) is 11.8. The van der Waals surface area contributed by atoms with Crippen LogP contribution in [0.2, 0.25) is 0 Å². The number of carbonyl (C=O) groups is 2. The van der Waals surface area contributed by atoms with E-state index < -0.39 is 0 Å². The highest BCUT2D eigenvalue weighted by Crippen LogP contribution is 2.29. The Morgan fingerprint density at radius 1 is 0.688 bits per heavy atom. The first-order valence-electron chi connectivity index (χ1n) is 6.62. The van der Waals surface area contributed by atoms with Gasteiger partial charge in [-0.15, -0.1) is 0 Å². The standard InChI is InChI=1S/C10H16O2.2C2H6/c1-7(11)9-3-5-10(6-4-9)8(2)12;2*1-2/h9-10H,3-6H2,1-2H3;2*1-2H3. The lowest BCUT2D eigenvalue weighted by molar-refractivity contribution is -0.126. The van der Waals surface area contributed by atoms with Gasteiger partial charge in [-0.05, 0) is 39.5 Å². The van der Waals surface area contributed by atoms with E-state index in [-0.39, 0.29) is 23.4 Å². The Labute approximate surface area is 101 Å². The molecule has 0 spiro atoms. The molecule has 1 saturated carbocycles. The molecule has 1 rings (SSSR count). The molecular formula is C14H28O2. The van der Waals surface area contributed by atoms with E-state index >= 15 is 0 Å². The summed E-state index contributed by atoms with van der Waals surface area (Å²) in [5.74, 6) is 1.05. The van der Waals surface area contributed by atoms with E-state index in [2.05, 4.69) is 0 Å². The number of hydrogen-bond acceptors (Lipinski definition) is 2. The molecule has 0 aliphatic heterocycles. The van der Waals surface area contributed by atoms with Gasteiger partial charge in [-0.2, -0.15) is 0 Å². The van der Waals surface area contributed by atoms with Gasteiger partial charge in [0.15, 0.2) is 0 Å². The molecule has 0 atom stereocenters. The minimum Gasteiger partial charge on any atom is -0.300 e. The molecule has 0 saturated heterocycles. The molecule has 1 aliphatic rings. The normalized spacial score (nSPS) is 23.1. The third-order valence-corrected chi connectivity index (χ3v) is 2.88. The van der Waals surface area contributed by atoms with Crippen LogP contribution >= 0.6 is 0 Å². The summed E-state index contributed by atoms with van der Waals surface area (Å²) in [5.41, 5.74) is 0. The van der Waals surface area contributed by atoms with Crippen molar-refractivity contribution in [1.29, 1.82) is 0 Å². The van der Waals surface area contributed by atoms with Crippen LogP contribution in [0, 0.1) is 11.8 Å². The van der Waals surface area contributed by atoms with Crippen LogP contribution in [0.5, 0.6) is 0 Å². The molecule has 0 heterocycles. The van der Waals surface area contributed by atoms with Gasteiger partial charge >= 0.3 is 0 Å². The largest absolute Gasteiger partial charge is 0.300 e. The molecule has 0 amide bonds. The lowest BCUT2D eigenvalue weighted by Gasteiger charge is -2.24. The Morgan fingerprint density at radius 3 is 1.00 bits per heavy atom. The Morgan fingerprint density at radius 2 is 0.875 bits per heavy atom. The third kappa shape index (κ3) is 6.76. The first-order chi connectivity index (χ1) is 7.61. The van der Waals surface area contributed by atoms with Crippen molar-refractivity contribution < 1.29 is 9.59 Å². The average molecular weight is 228 g/mol. The van der Waals surface area contributed by atoms with Crippen molar-refractivity contribution in [3.8, 4) is 0 Å². The van der Waals surface area contributed by atoms with Crippen molar-refractivity contribution in [1.82, 2.24) is 0 Å². The average Bonchev–Trinajstić information content (AvgIpc) is 2.34. The van der Waals surface area contributed by atoms with E-state index in [9.17, 15) is 9.59 Å². The fraction of sp³-hybridized carbons (Fsp3) is 0.857. The zero-order chi connectivity index (χ0) is 13.1. The highest BCUT2D eigenvalue weighted by atomic mass is 16.1. The highest BCUT2D eigenvalue weighted by molar-refractivity contribution is 5.80. The predicted octanol–water partition coefficient (Wildman–Crippen LogP) is 4.02. The van der Waals surface area contributed by atoms with Crippen LogP contribution in [0.3, 0.4) is 0 Å². The molecule has 0 aromatic rings. The molecule has 0 aromatic heterocycles. The van der Waals surface area contributed by atoms with Gasteiger partial charge in [0.05, 0.1) is 0 Å². The number of rotatable bonds is 2. The summed E-state index contributed by atoms with van der Waals surface area (Å²) in [6.07, 6.45) is 3.66. The van der Waals surface area contributed by atoms with Gasteiger partial charge in [-0.3, -0.25) is 9.59 Å². The quantitative estimate of drug-likeness (QED) is 0.715. The summed E-state index contributed by atoms with van der Waals surface area (Å²) < 4.78 is 0. The Hall–Kier alpha value is -0.660. The zero-order valence-electron chi connectivity index (χ0n) is 11.8. The maximum absolute atomic E-state index is 11.0. The van der Waals surface area contributed by atoms with Crippen molar-refractivity contribution in [2.24, 2.45) is 11.8 Å². The van der Waals surface area contributed by atoms with Gasteiger partial charge in [0.2, 0.25) is 0 Å². The summed E-state index contributed by atoms with van der Waals surface area (Å²) in [6, 6.07) is 0. The van der Waals surface area contributed by atoms with Gasteiger partial charge in [0.1, 0.15) is 11.6 Å². The van der Waals surface area contributed by atoms with Crippen LogP contribution < -0.4 is 0 Å².